The predicted octanol–water partition coefficient (Wildman–Crippen LogP) is 4.57. The molecule has 0 spiro atoms. The van der Waals surface area contributed by atoms with E-state index in [0.29, 0.717) is 23.6 Å². The first-order valence-electron chi connectivity index (χ1n) is 7.73. The van der Waals surface area contributed by atoms with E-state index in [0.717, 1.165) is 17.5 Å². The van der Waals surface area contributed by atoms with Crippen LogP contribution in [0.25, 0.3) is 11.3 Å². The first-order valence-corrected chi connectivity index (χ1v) is 7.73. The Morgan fingerprint density at radius 1 is 1.09 bits per heavy atom. The van der Waals surface area contributed by atoms with Gasteiger partial charge in [0.2, 0.25) is 5.78 Å². The molecule has 0 fully saturated rings. The summed E-state index contributed by atoms with van der Waals surface area (Å²) in [7, 11) is 0. The van der Waals surface area contributed by atoms with Crippen LogP contribution in [0.5, 0.6) is 0 Å². The zero-order valence-corrected chi connectivity index (χ0v) is 13.2. The second-order valence-corrected chi connectivity index (χ2v) is 5.40. The summed E-state index contributed by atoms with van der Waals surface area (Å²) < 4.78 is 7.52. The van der Waals surface area contributed by atoms with Gasteiger partial charge in [-0.1, -0.05) is 43.8 Å². The quantitative estimate of drug-likeness (QED) is 0.493. The molecule has 0 saturated heterocycles. The maximum Gasteiger partial charge on any atom is 0.209 e. The minimum absolute atomic E-state index is 0.0167. The van der Waals surface area contributed by atoms with E-state index in [9.17, 15) is 4.79 Å². The number of carbonyl (C=O) groups excluding carboxylic acids is 1. The van der Waals surface area contributed by atoms with Crippen LogP contribution in [-0.4, -0.2) is 16.8 Å². The summed E-state index contributed by atoms with van der Waals surface area (Å²) in [4.78, 5) is 12.9. The molecular weight excluding hydrogens is 286 g/mol. The van der Waals surface area contributed by atoms with Gasteiger partial charge in [0.25, 0.3) is 0 Å². The predicted molar refractivity (Wildman–Crippen MR) is 92.5 cm³/mol. The van der Waals surface area contributed by atoms with Crippen LogP contribution in [0, 0.1) is 0 Å². The molecule has 3 rings (SSSR count). The third kappa shape index (κ3) is 3.04. The molecule has 2 heterocycles. The zero-order valence-electron chi connectivity index (χ0n) is 13.2. The average Bonchev–Trinajstić information content (AvgIpc) is 3.07. The number of aromatic nitrogens is 1. The zero-order chi connectivity index (χ0) is 16.2. The maximum atomic E-state index is 12.9. The van der Waals surface area contributed by atoms with Crippen LogP contribution in [0.15, 0.2) is 67.4 Å². The Bertz CT molecular complexity index is 846. The highest BCUT2D eigenvalue weighted by atomic mass is 16.5. The molecule has 0 aliphatic heterocycles. The molecule has 3 nitrogen and oxygen atoms in total. The van der Waals surface area contributed by atoms with E-state index >= 15 is 0 Å². The lowest BCUT2D eigenvalue weighted by atomic mass is 10.1. The molecule has 0 aliphatic rings. The molecule has 0 saturated carbocycles. The number of benzene rings is 1. The number of hydrogen-bond donors (Lipinski definition) is 0. The van der Waals surface area contributed by atoms with Crippen molar-refractivity contribution in [3.8, 4) is 0 Å². The first kappa shape index (κ1) is 15.1. The Morgan fingerprint density at radius 2 is 1.87 bits per heavy atom. The van der Waals surface area contributed by atoms with Gasteiger partial charge in [0.05, 0.1) is 12.3 Å². The second kappa shape index (κ2) is 6.53. The molecule has 0 aliphatic carbocycles. The number of rotatable bonds is 6. The normalized spacial score (nSPS) is 10.7. The highest BCUT2D eigenvalue weighted by molar-refractivity contribution is 6.08. The fourth-order valence-electron chi connectivity index (χ4n) is 2.53. The van der Waals surface area contributed by atoms with Gasteiger partial charge in [0, 0.05) is 22.8 Å². The van der Waals surface area contributed by atoms with Gasteiger partial charge < -0.3 is 9.14 Å². The minimum atomic E-state index is -0.0167. The standard InChI is InChI=1S/C20H19NO2/c1-3-12-23-15(2)17-13-18-10-7-11-21(18)19(14-17)20(22)16-8-5-4-6-9-16/h4-11,13-14H,2-3,12H2,1H3. The van der Waals surface area contributed by atoms with E-state index in [1.54, 1.807) is 0 Å². The topological polar surface area (TPSA) is 30.7 Å². The summed E-state index contributed by atoms with van der Waals surface area (Å²) in [6.07, 6.45) is 2.81. The summed E-state index contributed by atoms with van der Waals surface area (Å²) in [6.45, 7) is 6.65. The molecular formula is C20H19NO2. The van der Waals surface area contributed by atoms with Crippen molar-refractivity contribution in [1.82, 2.24) is 4.40 Å². The van der Waals surface area contributed by atoms with E-state index in [1.807, 2.05) is 72.1 Å². The third-order valence-corrected chi connectivity index (χ3v) is 3.71. The molecule has 0 radical (unpaired) electrons. The van der Waals surface area contributed by atoms with E-state index in [1.165, 1.54) is 0 Å². The van der Waals surface area contributed by atoms with E-state index in [4.69, 9.17) is 4.74 Å². The molecule has 2 aromatic heterocycles. The fourth-order valence-corrected chi connectivity index (χ4v) is 2.53. The second-order valence-electron chi connectivity index (χ2n) is 5.40. The molecule has 3 heteroatoms. The van der Waals surface area contributed by atoms with Crippen LogP contribution in [0.4, 0.5) is 0 Å². The van der Waals surface area contributed by atoms with Crippen LogP contribution >= 0.6 is 0 Å². The maximum absolute atomic E-state index is 12.9. The smallest absolute Gasteiger partial charge is 0.209 e. The number of fused-ring (bicyclic) bond motifs is 1. The number of ether oxygens (including phenoxy) is 1. The summed E-state index contributed by atoms with van der Waals surface area (Å²) >= 11 is 0. The Labute approximate surface area is 135 Å². The SMILES string of the molecule is C=C(OCCC)c1cc(C(=O)c2ccccc2)n2cccc2c1. The largest absolute Gasteiger partial charge is 0.494 e. The van der Waals surface area contributed by atoms with Crippen molar-refractivity contribution in [2.75, 3.05) is 6.61 Å². The lowest BCUT2D eigenvalue weighted by molar-refractivity contribution is 0.103. The Balaban J connectivity index is 2.06. The summed E-state index contributed by atoms with van der Waals surface area (Å²) in [5, 5.41) is 0. The number of carbonyl (C=O) groups is 1. The summed E-state index contributed by atoms with van der Waals surface area (Å²) in [6, 6.07) is 17.0. The van der Waals surface area contributed by atoms with Gasteiger partial charge in [-0.15, -0.1) is 0 Å². The van der Waals surface area contributed by atoms with Crippen molar-refractivity contribution in [3.63, 3.8) is 0 Å². The van der Waals surface area contributed by atoms with Gasteiger partial charge in [-0.05, 0) is 30.7 Å². The van der Waals surface area contributed by atoms with Crippen LogP contribution in [0.2, 0.25) is 0 Å². The van der Waals surface area contributed by atoms with Crippen LogP contribution in [0.3, 0.4) is 0 Å². The molecule has 0 amide bonds. The molecule has 23 heavy (non-hydrogen) atoms. The lowest BCUT2D eigenvalue weighted by Gasteiger charge is -2.12. The van der Waals surface area contributed by atoms with Crippen molar-refractivity contribution in [2.24, 2.45) is 0 Å². The molecule has 1 aromatic carbocycles. The minimum Gasteiger partial charge on any atom is -0.494 e. The Kier molecular flexibility index (Phi) is 4.29. The lowest BCUT2D eigenvalue weighted by Crippen LogP contribution is -2.08. The van der Waals surface area contributed by atoms with Crippen molar-refractivity contribution in [1.29, 1.82) is 0 Å². The van der Waals surface area contributed by atoms with Crippen LogP contribution in [-0.2, 0) is 4.74 Å². The molecule has 3 aromatic rings. The average molecular weight is 305 g/mol. The fraction of sp³-hybridized carbons (Fsp3) is 0.150. The molecule has 0 bridgehead atoms. The number of nitrogens with zero attached hydrogens (tertiary/aromatic N) is 1. The molecule has 0 atom stereocenters. The van der Waals surface area contributed by atoms with E-state index in [-0.39, 0.29) is 5.78 Å². The van der Waals surface area contributed by atoms with Crippen molar-refractivity contribution < 1.29 is 9.53 Å². The van der Waals surface area contributed by atoms with Gasteiger partial charge in [-0.25, -0.2) is 0 Å². The third-order valence-electron chi connectivity index (χ3n) is 3.71. The molecule has 116 valence electrons. The van der Waals surface area contributed by atoms with Gasteiger partial charge >= 0.3 is 0 Å². The van der Waals surface area contributed by atoms with Gasteiger partial charge in [-0.2, -0.15) is 0 Å². The number of pyridine rings is 1. The van der Waals surface area contributed by atoms with E-state index < -0.39 is 0 Å². The van der Waals surface area contributed by atoms with Crippen LogP contribution < -0.4 is 0 Å². The van der Waals surface area contributed by atoms with Gasteiger partial charge in [0.1, 0.15) is 5.76 Å². The molecule has 0 unspecified atom stereocenters. The van der Waals surface area contributed by atoms with Crippen molar-refractivity contribution >= 4 is 17.1 Å². The Morgan fingerprint density at radius 3 is 2.61 bits per heavy atom. The van der Waals surface area contributed by atoms with Gasteiger partial charge in [-0.3, -0.25) is 4.79 Å². The first-order chi connectivity index (χ1) is 11.2. The molecule has 0 N–H and O–H groups in total. The Hall–Kier alpha value is -2.81. The monoisotopic (exact) mass is 305 g/mol. The van der Waals surface area contributed by atoms with Crippen molar-refractivity contribution in [2.45, 2.75) is 13.3 Å². The number of hydrogen-bond acceptors (Lipinski definition) is 2. The van der Waals surface area contributed by atoms with E-state index in [2.05, 4.69) is 6.58 Å². The van der Waals surface area contributed by atoms with Crippen molar-refractivity contribution in [3.05, 3.63) is 84.2 Å². The van der Waals surface area contributed by atoms with Gasteiger partial charge in [0.15, 0.2) is 0 Å². The number of ketones is 1. The summed E-state index contributed by atoms with van der Waals surface area (Å²) in [5.41, 5.74) is 3.06. The summed E-state index contributed by atoms with van der Waals surface area (Å²) in [5.74, 6) is 0.578. The van der Waals surface area contributed by atoms with Crippen LogP contribution in [0.1, 0.15) is 35.0 Å². The highest BCUT2D eigenvalue weighted by Gasteiger charge is 2.15. The highest BCUT2D eigenvalue weighted by Crippen LogP contribution is 2.22.